The van der Waals surface area contributed by atoms with E-state index in [-0.39, 0.29) is 11.1 Å². The fourth-order valence-electron chi connectivity index (χ4n) is 2.34. The van der Waals surface area contributed by atoms with Gasteiger partial charge in [-0.15, -0.1) is 0 Å². The Hall–Kier alpha value is -3.25. The second-order valence-corrected chi connectivity index (χ2v) is 7.15. The maximum Gasteiger partial charge on any atom is 0.286 e. The van der Waals surface area contributed by atoms with Crippen molar-refractivity contribution in [2.75, 3.05) is 19.4 Å². The minimum Gasteiger partial charge on any atom is -0.457 e. The number of benzene rings is 3. The van der Waals surface area contributed by atoms with Crippen molar-refractivity contribution in [3.63, 3.8) is 0 Å². The van der Waals surface area contributed by atoms with E-state index in [1.54, 1.807) is 50.5 Å². The molecule has 0 saturated heterocycles. The van der Waals surface area contributed by atoms with Crippen LogP contribution in [0.2, 0.25) is 0 Å². The van der Waals surface area contributed by atoms with E-state index < -0.39 is 0 Å². The molecule has 0 bridgehead atoms. The largest absolute Gasteiger partial charge is 0.457 e. The van der Waals surface area contributed by atoms with Crippen molar-refractivity contribution in [2.45, 2.75) is 4.90 Å². The summed E-state index contributed by atoms with van der Waals surface area (Å²) in [6, 6.07) is 23.6. The van der Waals surface area contributed by atoms with Gasteiger partial charge in [0.15, 0.2) is 0 Å². The normalized spacial score (nSPS) is 10.2. The summed E-state index contributed by atoms with van der Waals surface area (Å²) in [6.07, 6.45) is 0. The molecule has 0 fully saturated rings. The lowest BCUT2D eigenvalue weighted by molar-refractivity contribution is 0.102. The molecule has 0 spiro atoms. The van der Waals surface area contributed by atoms with Crippen molar-refractivity contribution in [1.29, 1.82) is 0 Å². The molecule has 6 heteroatoms. The fraction of sp³-hybridized carbons (Fsp3) is 0.0909. The lowest BCUT2D eigenvalue weighted by atomic mass is 10.2. The van der Waals surface area contributed by atoms with E-state index in [1.165, 1.54) is 4.90 Å². The lowest BCUT2D eigenvalue weighted by Crippen LogP contribution is -2.17. The highest BCUT2D eigenvalue weighted by Gasteiger charge is 2.13. The maximum atomic E-state index is 12.6. The molecule has 142 valence electrons. The van der Waals surface area contributed by atoms with Gasteiger partial charge in [0.05, 0.1) is 5.69 Å². The van der Waals surface area contributed by atoms with Gasteiger partial charge in [-0.05, 0) is 60.3 Å². The minimum absolute atomic E-state index is 0.107. The Bertz CT molecular complexity index is 957. The fourth-order valence-corrected chi connectivity index (χ4v) is 3.08. The van der Waals surface area contributed by atoms with Gasteiger partial charge < -0.3 is 15.0 Å². The van der Waals surface area contributed by atoms with Gasteiger partial charge in [0.25, 0.3) is 11.1 Å². The number of carbonyl (C=O) groups excluding carboxylic acids is 2. The second kappa shape index (κ2) is 9.10. The molecule has 3 rings (SSSR count). The van der Waals surface area contributed by atoms with Gasteiger partial charge >= 0.3 is 0 Å². The van der Waals surface area contributed by atoms with Crippen molar-refractivity contribution >= 4 is 28.6 Å². The van der Waals surface area contributed by atoms with Crippen molar-refractivity contribution in [3.8, 4) is 11.5 Å². The van der Waals surface area contributed by atoms with Crippen molar-refractivity contribution in [3.05, 3.63) is 84.4 Å². The molecule has 5 nitrogen and oxygen atoms in total. The van der Waals surface area contributed by atoms with E-state index in [0.29, 0.717) is 21.9 Å². The third kappa shape index (κ3) is 5.14. The first-order valence-corrected chi connectivity index (χ1v) is 9.47. The summed E-state index contributed by atoms with van der Waals surface area (Å²) >= 11 is 1.07. The molecule has 3 aromatic carbocycles. The van der Waals surface area contributed by atoms with Crippen molar-refractivity contribution < 1.29 is 14.3 Å². The summed E-state index contributed by atoms with van der Waals surface area (Å²) in [7, 11) is 3.38. The van der Waals surface area contributed by atoms with Crippen LogP contribution < -0.4 is 10.1 Å². The summed E-state index contributed by atoms with van der Waals surface area (Å²) in [5, 5.41) is 2.76. The van der Waals surface area contributed by atoms with Gasteiger partial charge in [0.2, 0.25) is 0 Å². The quantitative estimate of drug-likeness (QED) is 0.582. The molecule has 1 N–H and O–H groups in total. The number of ether oxygens (including phenoxy) is 1. The molecule has 0 heterocycles. The topological polar surface area (TPSA) is 58.6 Å². The summed E-state index contributed by atoms with van der Waals surface area (Å²) in [5.74, 6) is 1.13. The van der Waals surface area contributed by atoms with Crippen LogP contribution in [0.25, 0.3) is 0 Å². The van der Waals surface area contributed by atoms with Gasteiger partial charge in [0.1, 0.15) is 11.5 Å². The number of nitrogens with zero attached hydrogens (tertiary/aromatic N) is 1. The van der Waals surface area contributed by atoms with Gasteiger partial charge in [-0.2, -0.15) is 0 Å². The van der Waals surface area contributed by atoms with Crippen LogP contribution in [0.4, 0.5) is 10.5 Å². The summed E-state index contributed by atoms with van der Waals surface area (Å²) in [4.78, 5) is 26.8. The predicted molar refractivity (Wildman–Crippen MR) is 112 cm³/mol. The van der Waals surface area contributed by atoms with Crippen molar-refractivity contribution in [2.24, 2.45) is 0 Å². The van der Waals surface area contributed by atoms with E-state index >= 15 is 0 Å². The first-order valence-electron chi connectivity index (χ1n) is 8.65. The first-order chi connectivity index (χ1) is 13.5. The zero-order valence-corrected chi connectivity index (χ0v) is 16.4. The average molecular weight is 392 g/mol. The average Bonchev–Trinajstić information content (AvgIpc) is 2.70. The maximum absolute atomic E-state index is 12.6. The lowest BCUT2D eigenvalue weighted by Gasteiger charge is -2.13. The molecule has 0 aliphatic heterocycles. The molecule has 28 heavy (non-hydrogen) atoms. The van der Waals surface area contributed by atoms with Crippen molar-refractivity contribution in [1.82, 2.24) is 4.90 Å². The Kier molecular flexibility index (Phi) is 6.34. The first kappa shape index (κ1) is 19.5. The predicted octanol–water partition coefficient (Wildman–Crippen LogP) is 5.50. The van der Waals surface area contributed by atoms with E-state index in [0.717, 1.165) is 17.5 Å². The summed E-state index contributed by atoms with van der Waals surface area (Å²) in [6.45, 7) is 0. The van der Waals surface area contributed by atoms with Crippen LogP contribution in [0.1, 0.15) is 10.4 Å². The van der Waals surface area contributed by atoms with Gasteiger partial charge in [-0.25, -0.2) is 0 Å². The number of rotatable bonds is 5. The number of amides is 2. The number of para-hydroxylation sites is 2. The van der Waals surface area contributed by atoms with Crippen LogP contribution in [-0.2, 0) is 0 Å². The van der Waals surface area contributed by atoms with Crippen LogP contribution in [0, 0.1) is 0 Å². The molecule has 0 aliphatic carbocycles. The molecule has 0 unspecified atom stereocenters. The number of hydrogen-bond donors (Lipinski definition) is 1. The number of carbonyl (C=O) groups is 2. The highest BCUT2D eigenvalue weighted by molar-refractivity contribution is 8.13. The minimum atomic E-state index is -0.253. The number of nitrogens with one attached hydrogen (secondary N) is 1. The molecule has 2 amide bonds. The van der Waals surface area contributed by atoms with Crippen LogP contribution in [-0.4, -0.2) is 30.1 Å². The third-order valence-electron chi connectivity index (χ3n) is 3.79. The molecule has 0 radical (unpaired) electrons. The van der Waals surface area contributed by atoms with Crippen LogP contribution in [0.5, 0.6) is 11.5 Å². The van der Waals surface area contributed by atoms with Crippen LogP contribution in [0.15, 0.2) is 83.8 Å². The van der Waals surface area contributed by atoms with Gasteiger partial charge in [-0.3, -0.25) is 9.59 Å². The number of thioether (sulfide) groups is 1. The Morgan fingerprint density at radius 1 is 0.821 bits per heavy atom. The SMILES string of the molecule is CN(C)C(=O)Sc1ccccc1NC(=O)c1ccc(Oc2ccccc2)cc1. The monoisotopic (exact) mass is 392 g/mol. The number of hydrogen-bond acceptors (Lipinski definition) is 4. The Balaban J connectivity index is 1.69. The van der Waals surface area contributed by atoms with E-state index in [9.17, 15) is 9.59 Å². The molecule has 0 atom stereocenters. The highest BCUT2D eigenvalue weighted by Crippen LogP contribution is 2.29. The van der Waals surface area contributed by atoms with E-state index in [4.69, 9.17) is 4.74 Å². The van der Waals surface area contributed by atoms with E-state index in [1.807, 2.05) is 42.5 Å². The highest BCUT2D eigenvalue weighted by atomic mass is 32.2. The molecule has 0 aromatic heterocycles. The van der Waals surface area contributed by atoms with Gasteiger partial charge in [0, 0.05) is 24.6 Å². The van der Waals surface area contributed by atoms with Crippen LogP contribution in [0.3, 0.4) is 0 Å². The molecule has 0 saturated carbocycles. The van der Waals surface area contributed by atoms with Crippen LogP contribution >= 0.6 is 11.8 Å². The second-order valence-electron chi connectivity index (χ2n) is 6.15. The zero-order valence-electron chi connectivity index (χ0n) is 15.6. The molecule has 3 aromatic rings. The molecular formula is C22H20N2O3S. The zero-order chi connectivity index (χ0) is 19.9. The summed E-state index contributed by atoms with van der Waals surface area (Å²) < 4.78 is 5.74. The standard InChI is InChI=1S/C22H20N2O3S/c1-24(2)22(26)28-20-11-7-6-10-19(20)23-21(25)16-12-14-18(15-13-16)27-17-8-4-3-5-9-17/h3-15H,1-2H3,(H,23,25). The third-order valence-corrected chi connectivity index (χ3v) is 4.91. The Labute approximate surface area is 168 Å². The number of anilines is 1. The molecule has 0 aliphatic rings. The van der Waals surface area contributed by atoms with E-state index in [2.05, 4.69) is 5.32 Å². The van der Waals surface area contributed by atoms with Gasteiger partial charge in [-0.1, -0.05) is 30.3 Å². The smallest absolute Gasteiger partial charge is 0.286 e. The Morgan fingerprint density at radius 2 is 1.43 bits per heavy atom. The Morgan fingerprint density at radius 3 is 2.11 bits per heavy atom. The summed E-state index contributed by atoms with van der Waals surface area (Å²) in [5.41, 5.74) is 1.09. The molecular weight excluding hydrogens is 372 g/mol.